The third-order valence-electron chi connectivity index (χ3n) is 6.64. The highest BCUT2D eigenvalue weighted by Crippen LogP contribution is 2.50. The molecule has 2 aliphatic rings. The van der Waals surface area contributed by atoms with Crippen molar-refractivity contribution in [3.63, 3.8) is 0 Å². The zero-order valence-electron chi connectivity index (χ0n) is 18.8. The van der Waals surface area contributed by atoms with Crippen molar-refractivity contribution in [1.29, 1.82) is 10.5 Å². The SMILES string of the molecule is N#CC1=C(N)Oc2c(ccc3c4c(ccc23)C(c2ccncc2)C(C#N)=C(N)O4)C1c1ccncc1. The number of allylic oxidation sites excluding steroid dienone is 2. The van der Waals surface area contributed by atoms with Crippen molar-refractivity contribution in [1.82, 2.24) is 9.97 Å². The molecule has 2 aliphatic heterocycles. The van der Waals surface area contributed by atoms with E-state index in [0.29, 0.717) is 22.6 Å². The topological polar surface area (TPSA) is 144 Å². The van der Waals surface area contributed by atoms with Crippen molar-refractivity contribution in [3.8, 4) is 23.6 Å². The van der Waals surface area contributed by atoms with Crippen LogP contribution < -0.4 is 20.9 Å². The number of nitrogens with two attached hydrogens (primary N) is 2. The summed E-state index contributed by atoms with van der Waals surface area (Å²) in [5.74, 6) is 0.404. The summed E-state index contributed by atoms with van der Waals surface area (Å²) in [7, 11) is 0. The Kier molecular flexibility index (Phi) is 4.80. The molecule has 172 valence electrons. The molecule has 0 fully saturated rings. The minimum absolute atomic E-state index is 0.0544. The first-order chi connectivity index (χ1) is 17.6. The summed E-state index contributed by atoms with van der Waals surface area (Å²) in [6.07, 6.45) is 6.73. The molecule has 36 heavy (non-hydrogen) atoms. The number of ether oxygens (including phenoxy) is 2. The van der Waals surface area contributed by atoms with Crippen LogP contribution in [-0.4, -0.2) is 9.97 Å². The predicted octanol–water partition coefficient (Wildman–Crippen LogP) is 4.07. The Morgan fingerprint density at radius 3 is 1.36 bits per heavy atom. The summed E-state index contributed by atoms with van der Waals surface area (Å²) < 4.78 is 12.1. The average molecular weight is 470 g/mol. The lowest BCUT2D eigenvalue weighted by atomic mass is 9.80. The van der Waals surface area contributed by atoms with Crippen LogP contribution in [0.4, 0.5) is 0 Å². The van der Waals surface area contributed by atoms with E-state index >= 15 is 0 Å². The van der Waals surface area contributed by atoms with Gasteiger partial charge in [-0.15, -0.1) is 0 Å². The zero-order valence-corrected chi connectivity index (χ0v) is 18.8. The van der Waals surface area contributed by atoms with Crippen molar-refractivity contribution < 1.29 is 9.47 Å². The van der Waals surface area contributed by atoms with Crippen LogP contribution >= 0.6 is 0 Å². The Balaban J connectivity index is 1.59. The monoisotopic (exact) mass is 470 g/mol. The molecule has 0 bridgehead atoms. The molecule has 0 aliphatic carbocycles. The van der Waals surface area contributed by atoms with E-state index in [2.05, 4.69) is 22.1 Å². The molecule has 4 N–H and O–H groups in total. The maximum absolute atomic E-state index is 9.85. The number of fused-ring (bicyclic) bond motifs is 5. The first-order valence-electron chi connectivity index (χ1n) is 11.2. The van der Waals surface area contributed by atoms with Gasteiger partial charge in [-0.05, 0) is 35.4 Å². The van der Waals surface area contributed by atoms with Crippen LogP contribution in [0.5, 0.6) is 11.5 Å². The van der Waals surface area contributed by atoms with Gasteiger partial charge in [-0.25, -0.2) is 0 Å². The minimum Gasteiger partial charge on any atom is -0.440 e. The fourth-order valence-corrected chi connectivity index (χ4v) is 5.04. The van der Waals surface area contributed by atoms with Gasteiger partial charge in [0.2, 0.25) is 11.8 Å². The van der Waals surface area contributed by atoms with Gasteiger partial charge in [0.15, 0.2) is 0 Å². The van der Waals surface area contributed by atoms with Crippen molar-refractivity contribution in [3.05, 3.63) is 118 Å². The fraction of sp³-hybridized carbons (Fsp3) is 0.0714. The lowest BCUT2D eigenvalue weighted by Crippen LogP contribution is -2.22. The van der Waals surface area contributed by atoms with Gasteiger partial charge in [0.25, 0.3) is 0 Å². The number of aromatic nitrogens is 2. The minimum atomic E-state index is -0.400. The third kappa shape index (κ3) is 3.06. The van der Waals surface area contributed by atoms with Crippen LogP contribution in [0.1, 0.15) is 34.1 Å². The van der Waals surface area contributed by atoms with E-state index in [0.717, 1.165) is 33.0 Å². The van der Waals surface area contributed by atoms with Crippen molar-refractivity contribution in [2.45, 2.75) is 11.8 Å². The number of hydrogen-bond acceptors (Lipinski definition) is 8. The molecule has 0 saturated heterocycles. The second-order valence-corrected chi connectivity index (χ2v) is 8.47. The van der Waals surface area contributed by atoms with Gasteiger partial charge < -0.3 is 20.9 Å². The van der Waals surface area contributed by atoms with Gasteiger partial charge in [0, 0.05) is 46.7 Å². The van der Waals surface area contributed by atoms with Crippen LogP contribution in [-0.2, 0) is 0 Å². The van der Waals surface area contributed by atoms with Crippen LogP contribution in [0.3, 0.4) is 0 Å². The quantitative estimate of drug-likeness (QED) is 0.446. The van der Waals surface area contributed by atoms with E-state index in [4.69, 9.17) is 20.9 Å². The second-order valence-electron chi connectivity index (χ2n) is 8.47. The molecule has 4 aromatic rings. The number of rotatable bonds is 2. The Hall–Kier alpha value is -5.34. The maximum Gasteiger partial charge on any atom is 0.205 e. The smallest absolute Gasteiger partial charge is 0.205 e. The Bertz CT molecular complexity index is 1550. The summed E-state index contributed by atoms with van der Waals surface area (Å²) in [5, 5.41) is 21.2. The van der Waals surface area contributed by atoms with Gasteiger partial charge in [-0.3, -0.25) is 9.97 Å². The van der Waals surface area contributed by atoms with Gasteiger partial charge in [-0.1, -0.05) is 24.3 Å². The largest absolute Gasteiger partial charge is 0.440 e. The van der Waals surface area contributed by atoms with Crippen LogP contribution in [0.15, 0.2) is 96.2 Å². The molecule has 0 spiro atoms. The van der Waals surface area contributed by atoms with Crippen molar-refractivity contribution >= 4 is 10.8 Å². The van der Waals surface area contributed by atoms with Crippen LogP contribution in [0.2, 0.25) is 0 Å². The lowest BCUT2D eigenvalue weighted by Gasteiger charge is -2.30. The fourth-order valence-electron chi connectivity index (χ4n) is 5.04. The molecule has 2 atom stereocenters. The number of pyridine rings is 2. The second kappa shape index (κ2) is 8.15. The van der Waals surface area contributed by atoms with Crippen LogP contribution in [0, 0.1) is 22.7 Å². The molecule has 4 heterocycles. The highest BCUT2D eigenvalue weighted by Gasteiger charge is 2.35. The molecule has 0 saturated carbocycles. The van der Waals surface area contributed by atoms with E-state index in [1.54, 1.807) is 24.8 Å². The van der Waals surface area contributed by atoms with E-state index in [1.165, 1.54) is 0 Å². The Labute approximate surface area is 206 Å². The number of nitrogens with zero attached hydrogens (tertiary/aromatic N) is 4. The highest BCUT2D eigenvalue weighted by molar-refractivity contribution is 5.97. The summed E-state index contributed by atoms with van der Waals surface area (Å²) in [4.78, 5) is 8.19. The molecule has 0 amide bonds. The van der Waals surface area contributed by atoms with E-state index in [-0.39, 0.29) is 11.8 Å². The first kappa shape index (κ1) is 21.2. The van der Waals surface area contributed by atoms with Crippen molar-refractivity contribution in [2.75, 3.05) is 0 Å². The zero-order chi connectivity index (χ0) is 24.8. The molecule has 8 heteroatoms. The summed E-state index contributed by atoms with van der Waals surface area (Å²) in [6, 6.07) is 19.5. The molecule has 2 unspecified atom stereocenters. The standard InChI is InChI=1S/C28H18N6O2/c29-13-21-23(15-5-9-33-10-6-15)19-3-1-17-18(26(19)36-28(21)32)2-4-20-24(16-7-11-34-12-8-16)22(14-30)27(31)35-25(17)20/h1-12,23-24H,31-32H2. The number of benzene rings is 2. The highest BCUT2D eigenvalue weighted by atomic mass is 16.5. The van der Waals surface area contributed by atoms with Gasteiger partial charge >= 0.3 is 0 Å². The van der Waals surface area contributed by atoms with Crippen LogP contribution in [0.25, 0.3) is 10.8 Å². The van der Waals surface area contributed by atoms with E-state index < -0.39 is 11.8 Å². The van der Waals surface area contributed by atoms with E-state index in [9.17, 15) is 10.5 Å². The van der Waals surface area contributed by atoms with Crippen molar-refractivity contribution in [2.24, 2.45) is 11.5 Å². The Morgan fingerprint density at radius 1 is 0.611 bits per heavy atom. The predicted molar refractivity (Wildman–Crippen MR) is 131 cm³/mol. The number of hydrogen-bond donors (Lipinski definition) is 2. The summed E-state index contributed by atoms with van der Waals surface area (Å²) in [5.41, 5.74) is 16.5. The average Bonchev–Trinajstić information content (AvgIpc) is 2.92. The normalized spacial score (nSPS) is 18.4. The first-order valence-corrected chi connectivity index (χ1v) is 11.2. The summed E-state index contributed by atoms with van der Waals surface area (Å²) >= 11 is 0. The van der Waals surface area contributed by atoms with Gasteiger partial charge in [0.05, 0.1) is 11.8 Å². The molecular formula is C28H18N6O2. The number of nitriles is 2. The lowest BCUT2D eigenvalue weighted by molar-refractivity contribution is 0.393. The molecule has 6 rings (SSSR count). The molecule has 8 nitrogen and oxygen atoms in total. The Morgan fingerprint density at radius 2 is 1.00 bits per heavy atom. The van der Waals surface area contributed by atoms with Gasteiger partial charge in [-0.2, -0.15) is 10.5 Å². The van der Waals surface area contributed by atoms with E-state index in [1.807, 2.05) is 48.5 Å². The molecule has 2 aromatic heterocycles. The maximum atomic E-state index is 9.85. The van der Waals surface area contributed by atoms with Gasteiger partial charge in [0.1, 0.15) is 34.8 Å². The summed E-state index contributed by atoms with van der Waals surface area (Å²) in [6.45, 7) is 0. The third-order valence-corrected chi connectivity index (χ3v) is 6.64. The molecule has 2 aromatic carbocycles. The molecule has 0 radical (unpaired) electrons. The molecular weight excluding hydrogens is 452 g/mol.